The van der Waals surface area contributed by atoms with Crippen molar-refractivity contribution in [3.63, 3.8) is 0 Å². The van der Waals surface area contributed by atoms with E-state index >= 15 is 0 Å². The number of likely N-dealkylation sites (N-methyl/N-ethyl adjacent to an activating group) is 1. The maximum absolute atomic E-state index is 11.7. The van der Waals surface area contributed by atoms with E-state index < -0.39 is 0 Å². The normalized spacial score (nSPS) is 25.5. The highest BCUT2D eigenvalue weighted by Crippen LogP contribution is 2.32. The molecule has 4 heteroatoms. The second-order valence-corrected chi connectivity index (χ2v) is 3.68. The lowest BCUT2D eigenvalue weighted by Gasteiger charge is -2.16. The minimum absolute atomic E-state index is 0.0191. The van der Waals surface area contributed by atoms with E-state index in [4.69, 9.17) is 0 Å². The van der Waals surface area contributed by atoms with E-state index in [0.717, 1.165) is 12.8 Å². The van der Waals surface area contributed by atoms with Crippen LogP contribution in [0.4, 0.5) is 4.79 Å². The maximum Gasteiger partial charge on any atom is 0.327 e. The van der Waals surface area contributed by atoms with Gasteiger partial charge in [-0.1, -0.05) is 13.8 Å². The van der Waals surface area contributed by atoms with Crippen molar-refractivity contribution in [2.24, 2.45) is 0 Å². The molecule has 0 bridgehead atoms. The Morgan fingerprint density at radius 2 is 1.80 bits per heavy atom. The molecule has 1 saturated heterocycles. The van der Waals surface area contributed by atoms with E-state index in [0.29, 0.717) is 6.54 Å². The van der Waals surface area contributed by atoms with Crippen molar-refractivity contribution in [2.45, 2.75) is 52.6 Å². The Kier molecular flexibility index (Phi) is 3.72. The summed E-state index contributed by atoms with van der Waals surface area (Å²) in [4.78, 5) is 26.4. The Labute approximate surface area is 91.2 Å². The first-order chi connectivity index (χ1) is 7.16. The summed E-state index contributed by atoms with van der Waals surface area (Å²) in [6, 6.07) is -0.139. The van der Waals surface area contributed by atoms with Crippen LogP contribution in [0.5, 0.6) is 0 Å². The van der Waals surface area contributed by atoms with Gasteiger partial charge in [0.25, 0.3) is 5.91 Å². The molecule has 3 amide bonds. The highest BCUT2D eigenvalue weighted by atomic mass is 16.2. The summed E-state index contributed by atoms with van der Waals surface area (Å²) in [5, 5.41) is 0. The first-order valence-corrected chi connectivity index (χ1v) is 5.80. The van der Waals surface area contributed by atoms with Crippen LogP contribution in [-0.2, 0) is 4.79 Å². The van der Waals surface area contributed by atoms with Crippen LogP contribution in [0.25, 0.3) is 0 Å². The summed E-state index contributed by atoms with van der Waals surface area (Å²) in [5.74, 6) is -0.0191. The molecule has 0 aromatic rings. The standard InChI is InChI=1S/C9H14N2O2.C2H6/c1-3-10-6(2)8(12)11(9(10)13)7-4-5-7;1-2/h6-7H,3-5H2,1-2H3;1-2H3. The fourth-order valence-corrected chi connectivity index (χ4v) is 1.81. The average molecular weight is 212 g/mol. The summed E-state index contributed by atoms with van der Waals surface area (Å²) in [6.45, 7) is 8.32. The third-order valence-corrected chi connectivity index (χ3v) is 2.77. The van der Waals surface area contributed by atoms with Crippen LogP contribution < -0.4 is 0 Å². The Hall–Kier alpha value is -1.06. The molecule has 86 valence electrons. The number of amides is 3. The van der Waals surface area contributed by atoms with Crippen molar-refractivity contribution in [1.82, 2.24) is 9.80 Å². The van der Waals surface area contributed by atoms with Gasteiger partial charge in [0, 0.05) is 12.6 Å². The molecule has 1 saturated carbocycles. The third-order valence-electron chi connectivity index (χ3n) is 2.77. The van der Waals surface area contributed by atoms with Crippen LogP contribution in [-0.4, -0.2) is 40.4 Å². The number of hydrogen-bond acceptors (Lipinski definition) is 2. The number of urea groups is 1. The SMILES string of the molecule is CC.CCN1C(=O)N(C2CC2)C(=O)C1C. The van der Waals surface area contributed by atoms with Crippen LogP contribution in [0.1, 0.15) is 40.5 Å². The van der Waals surface area contributed by atoms with Gasteiger partial charge in [-0.3, -0.25) is 9.69 Å². The molecule has 0 spiro atoms. The lowest BCUT2D eigenvalue weighted by Crippen LogP contribution is -2.34. The first-order valence-electron chi connectivity index (χ1n) is 5.80. The number of rotatable bonds is 2. The average Bonchev–Trinajstić information content (AvgIpc) is 3.03. The summed E-state index contributed by atoms with van der Waals surface area (Å²) >= 11 is 0. The van der Waals surface area contributed by atoms with Crippen LogP contribution in [0, 0.1) is 0 Å². The molecule has 1 heterocycles. The van der Waals surface area contributed by atoms with Crippen LogP contribution in [0.3, 0.4) is 0 Å². The summed E-state index contributed by atoms with van der Waals surface area (Å²) in [5.41, 5.74) is 0. The molecule has 2 aliphatic rings. The van der Waals surface area contributed by atoms with E-state index in [2.05, 4.69) is 0 Å². The van der Waals surface area contributed by atoms with Gasteiger partial charge < -0.3 is 4.90 Å². The number of imide groups is 1. The molecule has 2 rings (SSSR count). The van der Waals surface area contributed by atoms with Crippen LogP contribution in [0.2, 0.25) is 0 Å². The van der Waals surface area contributed by atoms with Crippen molar-refractivity contribution < 1.29 is 9.59 Å². The minimum Gasteiger partial charge on any atom is -0.313 e. The lowest BCUT2D eigenvalue weighted by molar-refractivity contribution is -0.128. The zero-order valence-corrected chi connectivity index (χ0v) is 9.99. The van der Waals surface area contributed by atoms with Gasteiger partial charge in [0.2, 0.25) is 0 Å². The van der Waals surface area contributed by atoms with Crippen LogP contribution >= 0.6 is 0 Å². The topological polar surface area (TPSA) is 40.6 Å². The summed E-state index contributed by atoms with van der Waals surface area (Å²) in [6.07, 6.45) is 1.98. The Balaban J connectivity index is 0.000000531. The van der Waals surface area contributed by atoms with Gasteiger partial charge in [-0.25, -0.2) is 4.79 Å². The largest absolute Gasteiger partial charge is 0.327 e. The fraction of sp³-hybridized carbons (Fsp3) is 0.818. The smallest absolute Gasteiger partial charge is 0.313 e. The van der Waals surface area contributed by atoms with Gasteiger partial charge in [-0.05, 0) is 26.7 Å². The first kappa shape index (κ1) is 12.0. The molecule has 0 aromatic carbocycles. The van der Waals surface area contributed by atoms with Gasteiger partial charge in [-0.2, -0.15) is 0 Å². The number of nitrogens with zero attached hydrogens (tertiary/aromatic N) is 2. The summed E-state index contributed by atoms with van der Waals surface area (Å²) < 4.78 is 0. The maximum atomic E-state index is 11.7. The van der Waals surface area contributed by atoms with Crippen molar-refractivity contribution in [2.75, 3.05) is 6.54 Å². The predicted molar refractivity (Wildman–Crippen MR) is 58.5 cm³/mol. The van der Waals surface area contributed by atoms with E-state index in [-0.39, 0.29) is 24.0 Å². The molecule has 0 N–H and O–H groups in total. The molecular formula is C11H20N2O2. The lowest BCUT2D eigenvalue weighted by atomic mass is 10.3. The highest BCUT2D eigenvalue weighted by molar-refractivity contribution is 6.04. The Morgan fingerprint density at radius 3 is 2.13 bits per heavy atom. The zero-order valence-electron chi connectivity index (χ0n) is 9.99. The molecule has 2 fully saturated rings. The minimum atomic E-state index is -0.252. The molecule has 1 aliphatic heterocycles. The van der Waals surface area contributed by atoms with Gasteiger partial charge in [0.1, 0.15) is 6.04 Å². The molecule has 0 radical (unpaired) electrons. The predicted octanol–water partition coefficient (Wildman–Crippen LogP) is 1.85. The van der Waals surface area contributed by atoms with Crippen molar-refractivity contribution in [1.29, 1.82) is 0 Å². The molecule has 1 aliphatic carbocycles. The molecule has 4 nitrogen and oxygen atoms in total. The van der Waals surface area contributed by atoms with E-state index in [9.17, 15) is 9.59 Å². The molecule has 1 atom stereocenters. The van der Waals surface area contributed by atoms with Gasteiger partial charge in [0.15, 0.2) is 0 Å². The van der Waals surface area contributed by atoms with Crippen molar-refractivity contribution in [3.05, 3.63) is 0 Å². The number of carbonyl (C=O) groups excluding carboxylic acids is 2. The second kappa shape index (κ2) is 4.64. The van der Waals surface area contributed by atoms with Crippen molar-refractivity contribution >= 4 is 11.9 Å². The molecule has 1 unspecified atom stereocenters. The monoisotopic (exact) mass is 212 g/mol. The Morgan fingerprint density at radius 1 is 1.27 bits per heavy atom. The van der Waals surface area contributed by atoms with Gasteiger partial charge in [-0.15, -0.1) is 0 Å². The van der Waals surface area contributed by atoms with Gasteiger partial charge in [0.05, 0.1) is 0 Å². The van der Waals surface area contributed by atoms with E-state index in [1.807, 2.05) is 20.8 Å². The van der Waals surface area contributed by atoms with E-state index in [1.165, 1.54) is 4.90 Å². The molecule has 0 aromatic heterocycles. The Bertz CT molecular complexity index is 261. The number of hydrogen-bond donors (Lipinski definition) is 0. The quantitative estimate of drug-likeness (QED) is 0.655. The number of carbonyl (C=O) groups is 2. The third kappa shape index (κ3) is 1.98. The van der Waals surface area contributed by atoms with E-state index in [1.54, 1.807) is 11.8 Å². The summed E-state index contributed by atoms with van der Waals surface area (Å²) in [7, 11) is 0. The van der Waals surface area contributed by atoms with Gasteiger partial charge >= 0.3 is 6.03 Å². The molecular weight excluding hydrogens is 192 g/mol. The van der Waals surface area contributed by atoms with Crippen LogP contribution in [0.15, 0.2) is 0 Å². The fourth-order valence-electron chi connectivity index (χ4n) is 1.81. The molecule has 15 heavy (non-hydrogen) atoms. The second-order valence-electron chi connectivity index (χ2n) is 3.68. The highest BCUT2D eigenvalue weighted by Gasteiger charge is 2.48. The van der Waals surface area contributed by atoms with Crippen molar-refractivity contribution in [3.8, 4) is 0 Å². The zero-order chi connectivity index (χ0) is 11.6.